The summed E-state index contributed by atoms with van der Waals surface area (Å²) in [4.78, 5) is 26.2. The minimum Gasteiger partial charge on any atom is -0.358 e. The van der Waals surface area contributed by atoms with Crippen LogP contribution in [0, 0.1) is 16.0 Å². The second-order valence-electron chi connectivity index (χ2n) is 4.57. The number of aromatic nitrogens is 1. The molecule has 98 valence electrons. The molecule has 1 unspecified atom stereocenters. The van der Waals surface area contributed by atoms with Crippen LogP contribution >= 0.6 is 0 Å². The third kappa shape index (κ3) is 2.35. The van der Waals surface area contributed by atoms with Crippen molar-refractivity contribution in [3.05, 3.63) is 27.9 Å². The van der Waals surface area contributed by atoms with Gasteiger partial charge in [0.2, 0.25) is 0 Å². The van der Waals surface area contributed by atoms with Gasteiger partial charge in [0.1, 0.15) is 0 Å². The van der Waals surface area contributed by atoms with Crippen molar-refractivity contribution < 1.29 is 9.72 Å². The van der Waals surface area contributed by atoms with Crippen LogP contribution in [-0.2, 0) is 0 Å². The summed E-state index contributed by atoms with van der Waals surface area (Å²) in [7, 11) is 1.69. The molecular formula is C11H16N4O3. The van der Waals surface area contributed by atoms with Crippen LogP contribution in [-0.4, -0.2) is 40.3 Å². The van der Waals surface area contributed by atoms with Gasteiger partial charge in [-0.15, -0.1) is 0 Å². The van der Waals surface area contributed by atoms with Crippen LogP contribution in [0.2, 0.25) is 0 Å². The van der Waals surface area contributed by atoms with Crippen LogP contribution < -0.4 is 5.73 Å². The zero-order chi connectivity index (χ0) is 13.3. The van der Waals surface area contributed by atoms with E-state index in [1.807, 2.05) is 0 Å². The highest BCUT2D eigenvalue weighted by Crippen LogP contribution is 2.34. The lowest BCUT2D eigenvalue weighted by molar-refractivity contribution is -0.389. The summed E-state index contributed by atoms with van der Waals surface area (Å²) >= 11 is 0. The van der Waals surface area contributed by atoms with Crippen LogP contribution in [0.15, 0.2) is 12.1 Å². The average molecular weight is 252 g/mol. The summed E-state index contributed by atoms with van der Waals surface area (Å²) < 4.78 is 0. The quantitative estimate of drug-likeness (QED) is 0.595. The van der Waals surface area contributed by atoms with Crippen LogP contribution in [0.3, 0.4) is 0 Å². The van der Waals surface area contributed by atoms with Crippen LogP contribution in [0.4, 0.5) is 5.82 Å². The number of hydrogen-bond acceptors (Lipinski definition) is 4. The molecule has 1 aromatic rings. The van der Waals surface area contributed by atoms with Gasteiger partial charge in [-0.3, -0.25) is 4.79 Å². The van der Waals surface area contributed by atoms with E-state index < -0.39 is 4.92 Å². The molecule has 7 nitrogen and oxygen atoms in total. The third-order valence-electron chi connectivity index (χ3n) is 3.32. The van der Waals surface area contributed by atoms with Crippen molar-refractivity contribution in [1.82, 2.24) is 9.88 Å². The zero-order valence-electron chi connectivity index (χ0n) is 10.1. The lowest BCUT2D eigenvalue weighted by Gasteiger charge is -2.25. The fraction of sp³-hybridized carbons (Fsp3) is 0.545. The predicted octanol–water partition coefficient (Wildman–Crippen LogP) is 0.732. The topological polar surface area (TPSA) is 105 Å². The molecule has 0 aromatic carbocycles. The number of carbonyl (C=O) groups is 1. The maximum atomic E-state index is 12.1. The van der Waals surface area contributed by atoms with Gasteiger partial charge in [-0.25, -0.2) is 4.98 Å². The van der Waals surface area contributed by atoms with Gasteiger partial charge in [-0.1, -0.05) is 0 Å². The molecule has 1 aliphatic rings. The number of H-pyrrole nitrogens is 1. The number of likely N-dealkylation sites (N-methyl/N-ethyl adjacent to an activating group) is 1. The molecule has 1 saturated carbocycles. The lowest BCUT2D eigenvalue weighted by atomic mass is 10.1. The second-order valence-corrected chi connectivity index (χ2v) is 4.57. The van der Waals surface area contributed by atoms with Gasteiger partial charge in [0.05, 0.1) is 0 Å². The Labute approximate surface area is 104 Å². The van der Waals surface area contributed by atoms with Crippen LogP contribution in [0.5, 0.6) is 0 Å². The largest absolute Gasteiger partial charge is 0.358 e. The molecule has 1 aromatic heterocycles. The highest BCUT2D eigenvalue weighted by Gasteiger charge is 2.36. The van der Waals surface area contributed by atoms with Crippen molar-refractivity contribution in [3.8, 4) is 0 Å². The molecule has 3 N–H and O–H groups in total. The molecule has 0 bridgehead atoms. The van der Waals surface area contributed by atoms with E-state index in [1.54, 1.807) is 11.9 Å². The Hall–Kier alpha value is -1.89. The van der Waals surface area contributed by atoms with Gasteiger partial charge < -0.3 is 20.7 Å². The lowest BCUT2D eigenvalue weighted by Crippen LogP contribution is -2.43. The first-order valence-electron chi connectivity index (χ1n) is 5.85. The fourth-order valence-corrected chi connectivity index (χ4v) is 2.10. The average Bonchev–Trinajstić information content (AvgIpc) is 3.04. The Kier molecular flexibility index (Phi) is 3.33. The number of nitro groups is 1. The van der Waals surface area contributed by atoms with E-state index >= 15 is 0 Å². The summed E-state index contributed by atoms with van der Waals surface area (Å²) in [6, 6.07) is 2.73. The molecule has 1 amide bonds. The summed E-state index contributed by atoms with van der Waals surface area (Å²) in [5.74, 6) is 0.0295. The molecule has 1 fully saturated rings. The Balaban J connectivity index is 2.11. The van der Waals surface area contributed by atoms with E-state index in [-0.39, 0.29) is 23.5 Å². The molecular weight excluding hydrogens is 236 g/mol. The number of nitrogens with two attached hydrogens (primary N) is 1. The highest BCUT2D eigenvalue weighted by atomic mass is 16.6. The molecule has 2 rings (SSSR count). The molecule has 1 atom stereocenters. The SMILES string of the molecule is CN(C(=O)c1ccc([N+](=O)[O-])[nH]1)C(CN)C1CC1. The van der Waals surface area contributed by atoms with Gasteiger partial charge in [0.25, 0.3) is 5.91 Å². The molecule has 0 aliphatic heterocycles. The maximum Gasteiger partial charge on any atom is 0.321 e. The van der Waals surface area contributed by atoms with E-state index in [0.717, 1.165) is 12.8 Å². The first-order valence-corrected chi connectivity index (χ1v) is 5.85. The van der Waals surface area contributed by atoms with Crippen LogP contribution in [0.25, 0.3) is 0 Å². The first kappa shape index (κ1) is 12.6. The minimum absolute atomic E-state index is 0.0138. The van der Waals surface area contributed by atoms with Crippen molar-refractivity contribution in [1.29, 1.82) is 0 Å². The number of amides is 1. The van der Waals surface area contributed by atoms with Gasteiger partial charge in [-0.2, -0.15) is 0 Å². The smallest absolute Gasteiger partial charge is 0.321 e. The Morgan fingerprint density at radius 1 is 1.67 bits per heavy atom. The van der Waals surface area contributed by atoms with Crippen molar-refractivity contribution in [2.45, 2.75) is 18.9 Å². The molecule has 0 radical (unpaired) electrons. The Morgan fingerprint density at radius 2 is 2.33 bits per heavy atom. The van der Waals surface area contributed by atoms with E-state index in [4.69, 9.17) is 5.73 Å². The first-order chi connectivity index (χ1) is 8.54. The van der Waals surface area contributed by atoms with Gasteiger partial charge in [0, 0.05) is 25.7 Å². The normalized spacial score (nSPS) is 16.3. The van der Waals surface area contributed by atoms with Gasteiger partial charge in [-0.05, 0) is 29.7 Å². The van der Waals surface area contributed by atoms with E-state index in [0.29, 0.717) is 12.5 Å². The standard InChI is InChI=1S/C11H16N4O3/c1-14(9(6-12)7-2-3-7)11(16)8-4-5-10(13-8)15(17)18/h4-5,7,9,13H,2-3,6,12H2,1H3. The number of nitrogens with one attached hydrogen (secondary N) is 1. The van der Waals surface area contributed by atoms with Crippen LogP contribution in [0.1, 0.15) is 23.3 Å². The Bertz CT molecular complexity index is 467. The van der Waals surface area contributed by atoms with E-state index in [2.05, 4.69) is 4.98 Å². The monoisotopic (exact) mass is 252 g/mol. The van der Waals surface area contributed by atoms with Crippen molar-refractivity contribution >= 4 is 11.7 Å². The number of aromatic amines is 1. The van der Waals surface area contributed by atoms with Crippen molar-refractivity contribution in [2.75, 3.05) is 13.6 Å². The molecule has 7 heteroatoms. The minimum atomic E-state index is -0.557. The van der Waals surface area contributed by atoms with Gasteiger partial charge >= 0.3 is 5.82 Å². The maximum absolute atomic E-state index is 12.1. The molecule has 18 heavy (non-hydrogen) atoms. The number of carbonyl (C=O) groups excluding carboxylic acids is 1. The van der Waals surface area contributed by atoms with Gasteiger partial charge in [0.15, 0.2) is 5.69 Å². The van der Waals surface area contributed by atoms with Crippen molar-refractivity contribution in [3.63, 3.8) is 0 Å². The molecule has 0 spiro atoms. The predicted molar refractivity (Wildman–Crippen MR) is 65.1 cm³/mol. The second kappa shape index (κ2) is 4.77. The van der Waals surface area contributed by atoms with E-state index in [1.165, 1.54) is 12.1 Å². The number of rotatable bonds is 5. The highest BCUT2D eigenvalue weighted by molar-refractivity contribution is 5.93. The molecule has 0 saturated heterocycles. The summed E-state index contributed by atoms with van der Waals surface area (Å²) in [6.45, 7) is 0.412. The molecule has 1 heterocycles. The summed E-state index contributed by atoms with van der Waals surface area (Å²) in [5, 5.41) is 10.5. The van der Waals surface area contributed by atoms with Crippen molar-refractivity contribution in [2.24, 2.45) is 11.7 Å². The fourth-order valence-electron chi connectivity index (χ4n) is 2.10. The number of hydrogen-bond donors (Lipinski definition) is 2. The molecule has 1 aliphatic carbocycles. The zero-order valence-corrected chi connectivity index (χ0v) is 10.1. The third-order valence-corrected chi connectivity index (χ3v) is 3.32. The number of nitrogens with zero attached hydrogens (tertiary/aromatic N) is 2. The van der Waals surface area contributed by atoms with E-state index in [9.17, 15) is 14.9 Å². The summed E-state index contributed by atoms with van der Waals surface area (Å²) in [6.07, 6.45) is 2.18. The summed E-state index contributed by atoms with van der Waals surface area (Å²) in [5.41, 5.74) is 5.90. The Morgan fingerprint density at radius 3 is 2.78 bits per heavy atom.